The molecule has 0 amide bonds. The van der Waals surface area contributed by atoms with Crippen molar-refractivity contribution in [1.82, 2.24) is 9.80 Å². The lowest BCUT2D eigenvalue weighted by atomic mass is 9.89. The summed E-state index contributed by atoms with van der Waals surface area (Å²) < 4.78 is 5.23. The first-order valence-electron chi connectivity index (χ1n) is 7.56. The first-order chi connectivity index (χ1) is 8.61. The Morgan fingerprint density at radius 3 is 2.72 bits per heavy atom. The molecular formula is C15H30N2O. The zero-order valence-electron chi connectivity index (χ0n) is 12.5. The maximum absolute atomic E-state index is 5.23. The van der Waals surface area contributed by atoms with Crippen molar-refractivity contribution in [3.63, 3.8) is 0 Å². The van der Waals surface area contributed by atoms with Gasteiger partial charge in [-0.15, -0.1) is 0 Å². The van der Waals surface area contributed by atoms with Gasteiger partial charge in [0.25, 0.3) is 0 Å². The fraction of sp³-hybridized carbons (Fsp3) is 1.00. The molecule has 2 aliphatic rings. The highest BCUT2D eigenvalue weighted by Crippen LogP contribution is 2.26. The summed E-state index contributed by atoms with van der Waals surface area (Å²) in [7, 11) is 1.80. The first kappa shape index (κ1) is 14.3. The molecule has 0 spiro atoms. The van der Waals surface area contributed by atoms with Crippen molar-refractivity contribution in [3.05, 3.63) is 0 Å². The summed E-state index contributed by atoms with van der Waals surface area (Å²) in [5, 5.41) is 0. The second-order valence-corrected chi connectivity index (χ2v) is 6.83. The van der Waals surface area contributed by atoms with E-state index in [2.05, 4.69) is 23.6 Å². The number of rotatable bonds is 5. The highest BCUT2D eigenvalue weighted by molar-refractivity contribution is 4.86. The zero-order valence-corrected chi connectivity index (χ0v) is 12.5. The first-order valence-corrected chi connectivity index (χ1v) is 7.56. The minimum Gasteiger partial charge on any atom is -0.385 e. The van der Waals surface area contributed by atoms with E-state index in [1.807, 2.05) is 0 Å². The van der Waals surface area contributed by atoms with Gasteiger partial charge < -0.3 is 9.64 Å². The van der Waals surface area contributed by atoms with E-state index in [4.69, 9.17) is 4.74 Å². The molecule has 2 aliphatic heterocycles. The topological polar surface area (TPSA) is 15.7 Å². The van der Waals surface area contributed by atoms with Crippen LogP contribution < -0.4 is 0 Å². The highest BCUT2D eigenvalue weighted by atomic mass is 16.5. The van der Waals surface area contributed by atoms with E-state index in [0.717, 1.165) is 19.1 Å². The molecule has 1 unspecified atom stereocenters. The Kier molecular flexibility index (Phi) is 5.05. The van der Waals surface area contributed by atoms with Gasteiger partial charge in [0, 0.05) is 32.8 Å². The summed E-state index contributed by atoms with van der Waals surface area (Å²) in [4.78, 5) is 5.41. The van der Waals surface area contributed by atoms with Crippen LogP contribution in [0.3, 0.4) is 0 Å². The molecule has 18 heavy (non-hydrogen) atoms. The van der Waals surface area contributed by atoms with Gasteiger partial charge in [-0.1, -0.05) is 13.8 Å². The van der Waals surface area contributed by atoms with E-state index in [1.54, 1.807) is 7.11 Å². The van der Waals surface area contributed by atoms with Crippen molar-refractivity contribution in [2.24, 2.45) is 5.41 Å². The van der Waals surface area contributed by atoms with Crippen LogP contribution in [0.4, 0.5) is 0 Å². The van der Waals surface area contributed by atoms with Gasteiger partial charge in [0.15, 0.2) is 0 Å². The van der Waals surface area contributed by atoms with Gasteiger partial charge in [0.2, 0.25) is 0 Å². The largest absolute Gasteiger partial charge is 0.385 e. The maximum Gasteiger partial charge on any atom is 0.0467 e. The molecule has 0 aromatic carbocycles. The molecule has 1 atom stereocenters. The van der Waals surface area contributed by atoms with Crippen molar-refractivity contribution in [2.75, 3.05) is 46.4 Å². The number of methoxy groups -OCH3 is 1. The van der Waals surface area contributed by atoms with Crippen molar-refractivity contribution in [3.8, 4) is 0 Å². The smallest absolute Gasteiger partial charge is 0.0467 e. The Morgan fingerprint density at radius 2 is 1.94 bits per heavy atom. The van der Waals surface area contributed by atoms with Crippen LogP contribution in [0.15, 0.2) is 0 Å². The number of hydrogen-bond donors (Lipinski definition) is 0. The zero-order chi connectivity index (χ0) is 13.0. The predicted molar refractivity (Wildman–Crippen MR) is 75.9 cm³/mol. The molecule has 2 fully saturated rings. The molecule has 0 N–H and O–H groups in total. The van der Waals surface area contributed by atoms with Crippen LogP contribution in [0, 0.1) is 5.41 Å². The van der Waals surface area contributed by atoms with E-state index in [1.165, 1.54) is 52.0 Å². The van der Waals surface area contributed by atoms with Crippen molar-refractivity contribution in [1.29, 1.82) is 0 Å². The molecule has 0 saturated carbocycles. The lowest BCUT2D eigenvalue weighted by molar-refractivity contribution is 0.111. The minimum atomic E-state index is 0.379. The second kappa shape index (κ2) is 6.36. The van der Waals surface area contributed by atoms with Crippen LogP contribution >= 0.6 is 0 Å². The number of ether oxygens (including phenoxy) is 1. The fourth-order valence-corrected chi connectivity index (χ4v) is 3.49. The van der Waals surface area contributed by atoms with E-state index in [0.29, 0.717) is 5.41 Å². The minimum absolute atomic E-state index is 0.379. The normalized spacial score (nSPS) is 27.2. The third kappa shape index (κ3) is 3.94. The summed E-state index contributed by atoms with van der Waals surface area (Å²) in [5.41, 5.74) is 0.379. The average Bonchev–Trinajstić information content (AvgIpc) is 2.66. The lowest BCUT2D eigenvalue weighted by Gasteiger charge is -2.33. The third-order valence-corrected chi connectivity index (χ3v) is 4.52. The van der Waals surface area contributed by atoms with Crippen molar-refractivity contribution >= 4 is 0 Å². The van der Waals surface area contributed by atoms with Crippen LogP contribution in [0.25, 0.3) is 0 Å². The monoisotopic (exact) mass is 254 g/mol. The van der Waals surface area contributed by atoms with Gasteiger partial charge in [0.05, 0.1) is 0 Å². The molecular weight excluding hydrogens is 224 g/mol. The third-order valence-electron chi connectivity index (χ3n) is 4.52. The molecule has 0 aliphatic carbocycles. The summed E-state index contributed by atoms with van der Waals surface area (Å²) in [6.45, 7) is 12.1. The van der Waals surface area contributed by atoms with E-state index in [9.17, 15) is 0 Å². The van der Waals surface area contributed by atoms with E-state index < -0.39 is 0 Å². The predicted octanol–water partition coefficient (Wildman–Crippen LogP) is 2.22. The molecule has 0 aromatic rings. The standard InChI is InChI=1S/C15H30N2O/c1-15(2,7-11-18-3)13-16-8-5-10-17-9-4-6-14(17)12-16/h14H,4-13H2,1-3H3. The molecule has 2 saturated heterocycles. The van der Waals surface area contributed by atoms with E-state index >= 15 is 0 Å². The Labute approximate surface area is 112 Å². The number of fused-ring (bicyclic) bond motifs is 1. The molecule has 3 heteroatoms. The average molecular weight is 254 g/mol. The number of nitrogens with zero attached hydrogens (tertiary/aromatic N) is 2. The van der Waals surface area contributed by atoms with Gasteiger partial charge in [0.1, 0.15) is 0 Å². The summed E-state index contributed by atoms with van der Waals surface area (Å²) in [5.74, 6) is 0. The van der Waals surface area contributed by atoms with Gasteiger partial charge in [-0.2, -0.15) is 0 Å². The van der Waals surface area contributed by atoms with Crippen molar-refractivity contribution in [2.45, 2.75) is 45.6 Å². The fourth-order valence-electron chi connectivity index (χ4n) is 3.49. The van der Waals surface area contributed by atoms with Gasteiger partial charge in [-0.3, -0.25) is 4.90 Å². The quantitative estimate of drug-likeness (QED) is 0.748. The summed E-state index contributed by atoms with van der Waals surface area (Å²) >= 11 is 0. The van der Waals surface area contributed by atoms with Crippen molar-refractivity contribution < 1.29 is 4.74 Å². The Balaban J connectivity index is 1.84. The molecule has 0 aromatic heterocycles. The Bertz CT molecular complexity index is 255. The van der Waals surface area contributed by atoms with Crippen LogP contribution in [-0.2, 0) is 4.74 Å². The van der Waals surface area contributed by atoms with Crippen LogP contribution in [0.2, 0.25) is 0 Å². The van der Waals surface area contributed by atoms with Crippen LogP contribution in [0.1, 0.15) is 39.5 Å². The molecule has 0 bridgehead atoms. The molecule has 3 nitrogen and oxygen atoms in total. The molecule has 2 heterocycles. The SMILES string of the molecule is COCCC(C)(C)CN1CCCN2CCCC2C1. The Morgan fingerprint density at radius 1 is 1.17 bits per heavy atom. The van der Waals surface area contributed by atoms with Crippen LogP contribution in [0.5, 0.6) is 0 Å². The van der Waals surface area contributed by atoms with Gasteiger partial charge in [-0.25, -0.2) is 0 Å². The summed E-state index contributed by atoms with van der Waals surface area (Å²) in [6.07, 6.45) is 5.33. The molecule has 0 radical (unpaired) electrons. The molecule has 2 rings (SSSR count). The Hall–Kier alpha value is -0.120. The van der Waals surface area contributed by atoms with Crippen LogP contribution in [-0.4, -0.2) is 62.3 Å². The number of hydrogen-bond acceptors (Lipinski definition) is 3. The highest BCUT2D eigenvalue weighted by Gasteiger charge is 2.30. The van der Waals surface area contributed by atoms with Gasteiger partial charge >= 0.3 is 0 Å². The maximum atomic E-state index is 5.23. The second-order valence-electron chi connectivity index (χ2n) is 6.83. The van der Waals surface area contributed by atoms with Gasteiger partial charge in [-0.05, 0) is 50.7 Å². The lowest BCUT2D eigenvalue weighted by Crippen LogP contribution is -2.41. The van der Waals surface area contributed by atoms with E-state index in [-0.39, 0.29) is 0 Å². The molecule has 106 valence electrons. The summed E-state index contributed by atoms with van der Waals surface area (Å²) in [6, 6.07) is 0.839.